The predicted molar refractivity (Wildman–Crippen MR) is 115 cm³/mol. The van der Waals surface area contributed by atoms with Crippen molar-refractivity contribution in [2.45, 2.75) is 26.8 Å². The van der Waals surface area contributed by atoms with E-state index in [2.05, 4.69) is 41.6 Å². The Bertz CT molecular complexity index is 960. The van der Waals surface area contributed by atoms with E-state index in [-0.39, 0.29) is 6.79 Å². The van der Waals surface area contributed by atoms with Crippen molar-refractivity contribution in [3.8, 4) is 22.8 Å². The van der Waals surface area contributed by atoms with Crippen LogP contribution in [-0.4, -0.2) is 23.3 Å². The van der Waals surface area contributed by atoms with Crippen molar-refractivity contribution in [1.29, 1.82) is 0 Å². The van der Waals surface area contributed by atoms with Gasteiger partial charge in [0.05, 0.1) is 5.69 Å². The molecule has 0 radical (unpaired) electrons. The van der Waals surface area contributed by atoms with Crippen LogP contribution in [0.5, 0.6) is 11.5 Å². The molecule has 150 valence electrons. The van der Waals surface area contributed by atoms with Crippen molar-refractivity contribution < 1.29 is 9.47 Å². The van der Waals surface area contributed by atoms with Crippen LogP contribution in [0, 0.1) is 5.92 Å². The van der Waals surface area contributed by atoms with Crippen LogP contribution in [0.3, 0.4) is 0 Å². The van der Waals surface area contributed by atoms with E-state index in [1.54, 1.807) is 0 Å². The topological polar surface area (TPSA) is 68.3 Å². The van der Waals surface area contributed by atoms with Crippen LogP contribution in [0.1, 0.15) is 25.8 Å². The van der Waals surface area contributed by atoms with Gasteiger partial charge in [-0.15, -0.1) is 0 Å². The third-order valence-electron chi connectivity index (χ3n) is 4.71. The van der Waals surface area contributed by atoms with Gasteiger partial charge in [0.1, 0.15) is 5.82 Å². The van der Waals surface area contributed by atoms with Gasteiger partial charge in [0.15, 0.2) is 11.5 Å². The Labute approximate surface area is 171 Å². The fourth-order valence-electron chi connectivity index (χ4n) is 3.09. The molecular formula is C23H26N4O2. The Morgan fingerprint density at radius 2 is 1.76 bits per heavy atom. The van der Waals surface area contributed by atoms with Crippen LogP contribution in [-0.2, 0) is 6.54 Å². The molecular weight excluding hydrogens is 364 g/mol. The van der Waals surface area contributed by atoms with E-state index in [1.165, 1.54) is 0 Å². The third-order valence-corrected chi connectivity index (χ3v) is 4.71. The van der Waals surface area contributed by atoms with Gasteiger partial charge in [-0.25, -0.2) is 4.98 Å². The van der Waals surface area contributed by atoms with Gasteiger partial charge in [0, 0.05) is 24.7 Å². The summed E-state index contributed by atoms with van der Waals surface area (Å²) in [5.74, 6) is 3.62. The van der Waals surface area contributed by atoms with Crippen LogP contribution < -0.4 is 20.1 Å². The average Bonchev–Trinajstić information content (AvgIpc) is 3.20. The number of ether oxygens (including phenoxy) is 2. The van der Waals surface area contributed by atoms with Gasteiger partial charge in [-0.1, -0.05) is 50.2 Å². The summed E-state index contributed by atoms with van der Waals surface area (Å²) in [6.07, 6.45) is 1.09. The molecule has 2 aromatic carbocycles. The first-order chi connectivity index (χ1) is 14.2. The Morgan fingerprint density at radius 3 is 2.59 bits per heavy atom. The lowest BCUT2D eigenvalue weighted by Gasteiger charge is -2.12. The molecule has 6 nitrogen and oxygen atoms in total. The number of benzene rings is 2. The zero-order chi connectivity index (χ0) is 20.1. The van der Waals surface area contributed by atoms with E-state index in [9.17, 15) is 0 Å². The van der Waals surface area contributed by atoms with Gasteiger partial charge in [-0.05, 0) is 30.0 Å². The molecule has 0 atom stereocenters. The molecule has 1 aliphatic rings. The van der Waals surface area contributed by atoms with Gasteiger partial charge in [0.25, 0.3) is 0 Å². The minimum absolute atomic E-state index is 0.278. The largest absolute Gasteiger partial charge is 0.454 e. The first-order valence-electron chi connectivity index (χ1n) is 9.98. The summed E-state index contributed by atoms with van der Waals surface area (Å²) >= 11 is 0. The average molecular weight is 390 g/mol. The van der Waals surface area contributed by atoms with E-state index < -0.39 is 0 Å². The van der Waals surface area contributed by atoms with Gasteiger partial charge in [-0.3, -0.25) is 0 Å². The highest BCUT2D eigenvalue weighted by molar-refractivity contribution is 5.64. The number of nitrogens with zero attached hydrogens (tertiary/aromatic N) is 2. The second kappa shape index (κ2) is 8.82. The maximum absolute atomic E-state index is 5.46. The molecule has 0 saturated heterocycles. The van der Waals surface area contributed by atoms with E-state index in [0.29, 0.717) is 18.4 Å². The van der Waals surface area contributed by atoms with Crippen LogP contribution in [0.4, 0.5) is 11.8 Å². The number of anilines is 2. The van der Waals surface area contributed by atoms with Crippen molar-refractivity contribution in [2.24, 2.45) is 5.92 Å². The van der Waals surface area contributed by atoms with Crippen molar-refractivity contribution in [1.82, 2.24) is 9.97 Å². The highest BCUT2D eigenvalue weighted by Gasteiger charge is 2.13. The van der Waals surface area contributed by atoms with Crippen LogP contribution in [0.25, 0.3) is 11.3 Å². The highest BCUT2D eigenvalue weighted by Crippen LogP contribution is 2.32. The van der Waals surface area contributed by atoms with Crippen LogP contribution >= 0.6 is 0 Å². The van der Waals surface area contributed by atoms with Crippen molar-refractivity contribution in [3.05, 3.63) is 60.2 Å². The summed E-state index contributed by atoms with van der Waals surface area (Å²) in [4.78, 5) is 9.37. The standard InChI is InChI=1S/C23H26N4O2/c1-16(2)10-11-24-22-13-19(18-6-4-3-5-7-18)26-23(27-22)25-14-17-8-9-20-21(12-17)29-15-28-20/h3-9,12-13,16H,10-11,14-15H2,1-2H3,(H2,24,25,26,27). The molecule has 1 aromatic heterocycles. The molecule has 0 spiro atoms. The molecule has 2 N–H and O–H groups in total. The Balaban J connectivity index is 1.52. The van der Waals surface area contributed by atoms with Gasteiger partial charge >= 0.3 is 0 Å². The molecule has 0 unspecified atom stereocenters. The first-order valence-corrected chi connectivity index (χ1v) is 9.98. The summed E-state index contributed by atoms with van der Waals surface area (Å²) in [5, 5.41) is 6.77. The fraction of sp³-hybridized carbons (Fsp3) is 0.304. The maximum Gasteiger partial charge on any atom is 0.231 e. The van der Waals surface area contributed by atoms with E-state index in [4.69, 9.17) is 14.5 Å². The molecule has 0 bridgehead atoms. The molecule has 4 rings (SSSR count). The minimum atomic E-state index is 0.278. The van der Waals surface area contributed by atoms with E-state index in [0.717, 1.165) is 47.1 Å². The fourth-order valence-corrected chi connectivity index (χ4v) is 3.09. The zero-order valence-corrected chi connectivity index (χ0v) is 16.8. The number of hydrogen-bond donors (Lipinski definition) is 2. The van der Waals surface area contributed by atoms with Crippen molar-refractivity contribution >= 4 is 11.8 Å². The Morgan fingerprint density at radius 1 is 0.931 bits per heavy atom. The minimum Gasteiger partial charge on any atom is -0.454 e. The molecule has 0 saturated carbocycles. The second-order valence-electron chi connectivity index (χ2n) is 7.48. The van der Waals surface area contributed by atoms with Gasteiger partial charge in [0.2, 0.25) is 12.7 Å². The number of aromatic nitrogens is 2. The quantitative estimate of drug-likeness (QED) is 0.568. The van der Waals surface area contributed by atoms with Gasteiger partial charge < -0.3 is 20.1 Å². The number of hydrogen-bond acceptors (Lipinski definition) is 6. The van der Waals surface area contributed by atoms with Gasteiger partial charge in [-0.2, -0.15) is 4.98 Å². The Kier molecular flexibility index (Phi) is 5.79. The summed E-state index contributed by atoms with van der Waals surface area (Å²) in [7, 11) is 0. The smallest absolute Gasteiger partial charge is 0.231 e. The maximum atomic E-state index is 5.46. The summed E-state index contributed by atoms with van der Waals surface area (Å²) in [6.45, 7) is 6.19. The summed E-state index contributed by atoms with van der Waals surface area (Å²) < 4.78 is 10.8. The third kappa shape index (κ3) is 4.96. The lowest BCUT2D eigenvalue weighted by atomic mass is 10.1. The molecule has 1 aliphatic heterocycles. The Hall–Kier alpha value is -3.28. The summed E-state index contributed by atoms with van der Waals surface area (Å²) in [5.41, 5.74) is 3.03. The van der Waals surface area contributed by atoms with Crippen LogP contribution in [0.2, 0.25) is 0 Å². The second-order valence-corrected chi connectivity index (χ2v) is 7.48. The monoisotopic (exact) mass is 390 g/mol. The molecule has 29 heavy (non-hydrogen) atoms. The zero-order valence-electron chi connectivity index (χ0n) is 16.8. The number of rotatable bonds is 8. The normalized spacial score (nSPS) is 12.2. The van der Waals surface area contributed by atoms with Crippen molar-refractivity contribution in [3.63, 3.8) is 0 Å². The molecule has 2 heterocycles. The number of nitrogens with one attached hydrogen (secondary N) is 2. The van der Waals surface area contributed by atoms with Crippen LogP contribution in [0.15, 0.2) is 54.6 Å². The first kappa shape index (κ1) is 19.1. The van der Waals surface area contributed by atoms with Crippen molar-refractivity contribution in [2.75, 3.05) is 24.0 Å². The molecule has 0 amide bonds. The lowest BCUT2D eigenvalue weighted by molar-refractivity contribution is 0.174. The SMILES string of the molecule is CC(C)CCNc1cc(-c2ccccc2)nc(NCc2ccc3c(c2)OCO3)n1. The molecule has 3 aromatic rings. The van der Waals surface area contributed by atoms with E-state index >= 15 is 0 Å². The molecule has 0 fully saturated rings. The lowest BCUT2D eigenvalue weighted by Crippen LogP contribution is -2.10. The van der Waals surface area contributed by atoms with E-state index in [1.807, 2.05) is 42.5 Å². The number of fused-ring (bicyclic) bond motifs is 1. The molecule has 6 heteroatoms. The molecule has 0 aliphatic carbocycles. The predicted octanol–water partition coefficient (Wildman–Crippen LogP) is 4.94. The summed E-state index contributed by atoms with van der Waals surface area (Å²) in [6, 6.07) is 18.1. The highest BCUT2D eigenvalue weighted by atomic mass is 16.7.